The molecule has 1 aromatic carbocycles. The molecule has 0 radical (unpaired) electrons. The third kappa shape index (κ3) is 6.82. The minimum Gasteiger partial charge on any atom is -0.457 e. The maximum absolute atomic E-state index is 12.0. The van der Waals surface area contributed by atoms with Crippen molar-refractivity contribution in [3.63, 3.8) is 0 Å². The Kier molecular flexibility index (Phi) is 7.39. The zero-order valence-electron chi connectivity index (χ0n) is 20.4. The molecule has 1 fully saturated rings. The van der Waals surface area contributed by atoms with Gasteiger partial charge in [0.2, 0.25) is 0 Å². The fourth-order valence-electron chi connectivity index (χ4n) is 3.92. The van der Waals surface area contributed by atoms with Crippen molar-refractivity contribution in [2.45, 2.75) is 64.1 Å². The minimum atomic E-state index is -0.493. The summed E-state index contributed by atoms with van der Waals surface area (Å²) in [5.74, 6) is 0.937. The SMILES string of the molecule is CNC(=O)c1cc(Oc2ccc3nc(N[C@H]4CC[C@@H](NC(=O)OC(C)(C)C)CC4)sc3c2)ccn1. The number of benzene rings is 1. The van der Waals surface area contributed by atoms with E-state index in [0.717, 1.165) is 41.0 Å². The van der Waals surface area contributed by atoms with Gasteiger partial charge in [-0.2, -0.15) is 0 Å². The van der Waals surface area contributed by atoms with E-state index in [9.17, 15) is 9.59 Å². The summed E-state index contributed by atoms with van der Waals surface area (Å²) in [6, 6.07) is 9.49. The van der Waals surface area contributed by atoms with Crippen LogP contribution in [0.1, 0.15) is 56.9 Å². The number of fused-ring (bicyclic) bond motifs is 1. The Morgan fingerprint density at radius 2 is 1.74 bits per heavy atom. The molecule has 0 saturated heterocycles. The summed E-state index contributed by atoms with van der Waals surface area (Å²) < 4.78 is 12.3. The number of aromatic nitrogens is 2. The van der Waals surface area contributed by atoms with E-state index in [1.165, 1.54) is 0 Å². The molecule has 1 aliphatic rings. The summed E-state index contributed by atoms with van der Waals surface area (Å²) in [6.45, 7) is 5.59. The van der Waals surface area contributed by atoms with Crippen molar-refractivity contribution in [2.75, 3.05) is 12.4 Å². The number of hydrogen-bond donors (Lipinski definition) is 3. The number of nitrogens with one attached hydrogen (secondary N) is 3. The van der Waals surface area contributed by atoms with Crippen LogP contribution in [0.3, 0.4) is 0 Å². The fourth-order valence-corrected chi connectivity index (χ4v) is 4.90. The first-order chi connectivity index (χ1) is 16.7. The molecule has 0 unspecified atom stereocenters. The Hall–Kier alpha value is -3.40. The van der Waals surface area contributed by atoms with Crippen LogP contribution in [0.15, 0.2) is 36.5 Å². The van der Waals surface area contributed by atoms with Crippen LogP contribution >= 0.6 is 11.3 Å². The molecule has 1 saturated carbocycles. The van der Waals surface area contributed by atoms with Gasteiger partial charge < -0.3 is 25.4 Å². The van der Waals surface area contributed by atoms with E-state index in [4.69, 9.17) is 14.5 Å². The predicted octanol–water partition coefficient (Wildman–Crippen LogP) is 5.09. The fraction of sp³-hybridized carbons (Fsp3) is 0.440. The van der Waals surface area contributed by atoms with Crippen molar-refractivity contribution >= 4 is 38.7 Å². The topological polar surface area (TPSA) is 114 Å². The lowest BCUT2D eigenvalue weighted by molar-refractivity contribution is 0.0492. The average Bonchev–Trinajstić information content (AvgIpc) is 3.20. The predicted molar refractivity (Wildman–Crippen MR) is 136 cm³/mol. The summed E-state index contributed by atoms with van der Waals surface area (Å²) in [5.41, 5.74) is 0.699. The quantitative estimate of drug-likeness (QED) is 0.434. The molecule has 4 rings (SSSR count). The van der Waals surface area contributed by atoms with Gasteiger partial charge in [0.05, 0.1) is 10.2 Å². The maximum atomic E-state index is 12.0. The molecule has 0 aliphatic heterocycles. The van der Waals surface area contributed by atoms with Crippen molar-refractivity contribution in [3.8, 4) is 11.5 Å². The van der Waals surface area contributed by atoms with Crippen molar-refractivity contribution in [1.82, 2.24) is 20.6 Å². The van der Waals surface area contributed by atoms with E-state index in [0.29, 0.717) is 23.2 Å². The molecule has 2 aromatic heterocycles. The van der Waals surface area contributed by atoms with Crippen molar-refractivity contribution in [3.05, 3.63) is 42.2 Å². The highest BCUT2D eigenvalue weighted by atomic mass is 32.1. The first-order valence-corrected chi connectivity index (χ1v) is 12.5. The molecule has 2 heterocycles. The van der Waals surface area contributed by atoms with Gasteiger partial charge >= 0.3 is 6.09 Å². The summed E-state index contributed by atoms with van der Waals surface area (Å²) in [7, 11) is 1.56. The number of thiazole rings is 1. The number of ether oxygens (including phenoxy) is 2. The maximum Gasteiger partial charge on any atom is 0.407 e. The third-order valence-corrected chi connectivity index (χ3v) is 6.51. The van der Waals surface area contributed by atoms with Crippen molar-refractivity contribution in [1.29, 1.82) is 0 Å². The van der Waals surface area contributed by atoms with Crippen LogP contribution in [0.5, 0.6) is 11.5 Å². The van der Waals surface area contributed by atoms with Crippen LogP contribution in [0.25, 0.3) is 10.2 Å². The van der Waals surface area contributed by atoms with E-state index < -0.39 is 5.60 Å². The highest BCUT2D eigenvalue weighted by Gasteiger charge is 2.25. The minimum absolute atomic E-state index is 0.134. The largest absolute Gasteiger partial charge is 0.457 e. The number of amides is 2. The number of anilines is 1. The van der Waals surface area contributed by atoms with Gasteiger partial charge in [-0.25, -0.2) is 9.78 Å². The molecule has 0 spiro atoms. The number of pyridine rings is 1. The Morgan fingerprint density at radius 3 is 2.46 bits per heavy atom. The first-order valence-electron chi connectivity index (χ1n) is 11.7. The van der Waals surface area contributed by atoms with Gasteiger partial charge in [-0.1, -0.05) is 11.3 Å². The van der Waals surface area contributed by atoms with E-state index in [1.807, 2.05) is 39.0 Å². The standard InChI is InChI=1S/C25H31N5O4S/c1-25(2,3)34-24(32)29-16-7-5-15(6-8-16)28-23-30-19-10-9-17(14-21(19)35-23)33-18-11-12-27-20(13-18)22(31)26-4/h9-16H,5-8H2,1-4H3,(H,26,31)(H,28,30)(H,29,32)/t15-,16+. The number of hydrogen-bond acceptors (Lipinski definition) is 8. The zero-order valence-corrected chi connectivity index (χ0v) is 21.2. The molecular weight excluding hydrogens is 466 g/mol. The molecule has 0 bridgehead atoms. The normalized spacial score (nSPS) is 18.1. The van der Waals surface area contributed by atoms with E-state index in [1.54, 1.807) is 36.7 Å². The molecule has 10 heteroatoms. The second-order valence-electron chi connectivity index (χ2n) is 9.55. The second-order valence-corrected chi connectivity index (χ2v) is 10.6. The summed E-state index contributed by atoms with van der Waals surface area (Å²) in [5, 5.41) is 9.95. The lowest BCUT2D eigenvalue weighted by Crippen LogP contribution is -2.42. The van der Waals surface area contributed by atoms with E-state index in [-0.39, 0.29) is 18.0 Å². The summed E-state index contributed by atoms with van der Waals surface area (Å²) in [4.78, 5) is 32.6. The molecular formula is C25H31N5O4S. The second kappa shape index (κ2) is 10.5. The average molecular weight is 498 g/mol. The molecule has 9 nitrogen and oxygen atoms in total. The zero-order chi connectivity index (χ0) is 25.0. The van der Waals surface area contributed by atoms with Gasteiger partial charge in [0.1, 0.15) is 22.8 Å². The third-order valence-electron chi connectivity index (χ3n) is 5.56. The molecule has 35 heavy (non-hydrogen) atoms. The lowest BCUT2D eigenvalue weighted by atomic mass is 9.91. The van der Waals surface area contributed by atoms with Crippen LogP contribution in [-0.4, -0.2) is 46.7 Å². The van der Waals surface area contributed by atoms with Crippen LogP contribution in [0.4, 0.5) is 9.93 Å². The Bertz CT molecular complexity index is 1200. The van der Waals surface area contributed by atoms with Gasteiger partial charge in [0.25, 0.3) is 5.91 Å². The molecule has 3 N–H and O–H groups in total. The van der Waals surface area contributed by atoms with Gasteiger partial charge in [0.15, 0.2) is 5.13 Å². The molecule has 2 amide bonds. The van der Waals surface area contributed by atoms with Gasteiger partial charge in [-0.3, -0.25) is 9.78 Å². The molecule has 1 aliphatic carbocycles. The Labute approximate surface area is 208 Å². The van der Waals surface area contributed by atoms with Crippen molar-refractivity contribution in [2.24, 2.45) is 0 Å². The number of carbonyl (C=O) groups is 2. The van der Waals surface area contributed by atoms with Crippen LogP contribution < -0.4 is 20.7 Å². The van der Waals surface area contributed by atoms with E-state index >= 15 is 0 Å². The van der Waals surface area contributed by atoms with Gasteiger partial charge in [0, 0.05) is 37.5 Å². The molecule has 186 valence electrons. The first kappa shape index (κ1) is 24.7. The number of carbonyl (C=O) groups excluding carboxylic acids is 2. The van der Waals surface area contributed by atoms with Crippen molar-refractivity contribution < 1.29 is 19.1 Å². The smallest absolute Gasteiger partial charge is 0.407 e. The number of nitrogens with zero attached hydrogens (tertiary/aromatic N) is 2. The van der Waals surface area contributed by atoms with Gasteiger partial charge in [-0.15, -0.1) is 0 Å². The Balaban J connectivity index is 1.33. The monoisotopic (exact) mass is 497 g/mol. The molecule has 3 aromatic rings. The number of alkyl carbamates (subject to hydrolysis) is 1. The van der Waals surface area contributed by atoms with Crippen LogP contribution in [0, 0.1) is 0 Å². The Morgan fingerprint density at radius 1 is 1.03 bits per heavy atom. The van der Waals surface area contributed by atoms with Gasteiger partial charge in [-0.05, 0) is 64.7 Å². The summed E-state index contributed by atoms with van der Waals surface area (Å²) >= 11 is 1.58. The number of rotatable bonds is 6. The lowest BCUT2D eigenvalue weighted by Gasteiger charge is -2.30. The summed E-state index contributed by atoms with van der Waals surface area (Å²) in [6.07, 6.45) is 4.87. The van der Waals surface area contributed by atoms with E-state index in [2.05, 4.69) is 20.9 Å². The highest BCUT2D eigenvalue weighted by Crippen LogP contribution is 2.33. The van der Waals surface area contributed by atoms with Crippen LogP contribution in [-0.2, 0) is 4.74 Å². The highest BCUT2D eigenvalue weighted by molar-refractivity contribution is 7.22. The van der Waals surface area contributed by atoms with Crippen LogP contribution in [0.2, 0.25) is 0 Å². The molecule has 0 atom stereocenters.